The van der Waals surface area contributed by atoms with E-state index in [0.717, 1.165) is 5.56 Å². The minimum atomic E-state index is -1.04. The molecular weight excluding hydrogens is 278 g/mol. The van der Waals surface area contributed by atoms with E-state index in [1.165, 1.54) is 0 Å². The second-order valence-corrected chi connectivity index (χ2v) is 5.45. The van der Waals surface area contributed by atoms with E-state index in [9.17, 15) is 9.90 Å². The SMILES string of the molecule is O=C(O)NC1CCC(O)(C#Cc2cccc(Cl)c2)CC1. The molecule has 0 saturated heterocycles. The van der Waals surface area contributed by atoms with Crippen LogP contribution in [0.3, 0.4) is 0 Å². The Balaban J connectivity index is 1.99. The molecule has 106 valence electrons. The van der Waals surface area contributed by atoms with Gasteiger partial charge in [0.15, 0.2) is 0 Å². The summed E-state index contributed by atoms with van der Waals surface area (Å²) in [7, 11) is 0. The zero-order valence-electron chi connectivity index (χ0n) is 10.9. The van der Waals surface area contributed by atoms with Crippen LogP contribution in [0.5, 0.6) is 0 Å². The molecule has 0 bridgehead atoms. The van der Waals surface area contributed by atoms with Crippen LogP contribution in [0.1, 0.15) is 31.2 Å². The highest BCUT2D eigenvalue weighted by molar-refractivity contribution is 6.30. The first-order valence-corrected chi connectivity index (χ1v) is 6.85. The minimum absolute atomic E-state index is 0.0965. The number of carbonyl (C=O) groups is 1. The number of hydrogen-bond acceptors (Lipinski definition) is 2. The molecule has 1 amide bonds. The summed E-state index contributed by atoms with van der Waals surface area (Å²) in [6.07, 6.45) is 1.09. The fourth-order valence-electron chi connectivity index (χ4n) is 2.29. The summed E-state index contributed by atoms with van der Waals surface area (Å²) < 4.78 is 0. The maximum Gasteiger partial charge on any atom is 0.404 e. The van der Waals surface area contributed by atoms with Crippen molar-refractivity contribution >= 4 is 17.7 Å². The van der Waals surface area contributed by atoms with E-state index in [1.807, 2.05) is 12.1 Å². The first kappa shape index (κ1) is 14.7. The molecule has 0 heterocycles. The Hall–Kier alpha value is -1.70. The van der Waals surface area contributed by atoms with Gasteiger partial charge in [0.1, 0.15) is 5.60 Å². The third kappa shape index (κ3) is 4.16. The summed E-state index contributed by atoms with van der Waals surface area (Å²) in [5.41, 5.74) is -0.282. The van der Waals surface area contributed by atoms with Gasteiger partial charge in [-0.3, -0.25) is 0 Å². The highest BCUT2D eigenvalue weighted by atomic mass is 35.5. The van der Waals surface area contributed by atoms with E-state index in [0.29, 0.717) is 30.7 Å². The lowest BCUT2D eigenvalue weighted by Gasteiger charge is -2.32. The van der Waals surface area contributed by atoms with Crippen LogP contribution in [-0.2, 0) is 0 Å². The fraction of sp³-hybridized carbons (Fsp3) is 0.400. The normalized spacial score (nSPS) is 25.4. The molecule has 1 fully saturated rings. The highest BCUT2D eigenvalue weighted by Crippen LogP contribution is 2.28. The van der Waals surface area contributed by atoms with Crippen molar-refractivity contribution < 1.29 is 15.0 Å². The van der Waals surface area contributed by atoms with Crippen LogP contribution in [-0.4, -0.2) is 27.9 Å². The summed E-state index contributed by atoms with van der Waals surface area (Å²) in [4.78, 5) is 10.6. The summed E-state index contributed by atoms with van der Waals surface area (Å²) in [5, 5.41) is 22.1. The monoisotopic (exact) mass is 293 g/mol. The third-order valence-electron chi connectivity index (χ3n) is 3.40. The van der Waals surface area contributed by atoms with Crippen molar-refractivity contribution in [3.8, 4) is 11.8 Å². The number of nitrogens with one attached hydrogen (secondary N) is 1. The predicted molar refractivity (Wildman–Crippen MR) is 76.7 cm³/mol. The maximum absolute atomic E-state index is 10.6. The van der Waals surface area contributed by atoms with Gasteiger partial charge in [-0.2, -0.15) is 0 Å². The quantitative estimate of drug-likeness (QED) is 0.697. The average Bonchev–Trinajstić information content (AvgIpc) is 2.39. The Labute approximate surface area is 122 Å². The molecule has 0 spiro atoms. The standard InChI is InChI=1S/C15H16ClNO3/c16-12-3-1-2-11(10-12)4-7-15(20)8-5-13(6-9-15)17-14(18)19/h1-3,10,13,17,20H,5-6,8-9H2,(H,18,19). The Morgan fingerprint density at radius 3 is 2.70 bits per heavy atom. The van der Waals surface area contributed by atoms with Crippen molar-refractivity contribution in [1.29, 1.82) is 0 Å². The number of rotatable bonds is 1. The Kier molecular flexibility index (Phi) is 4.53. The van der Waals surface area contributed by atoms with Gasteiger partial charge in [-0.15, -0.1) is 0 Å². The van der Waals surface area contributed by atoms with Gasteiger partial charge in [0, 0.05) is 16.6 Å². The zero-order chi connectivity index (χ0) is 14.6. The lowest BCUT2D eigenvalue weighted by molar-refractivity contribution is 0.0509. The van der Waals surface area contributed by atoms with E-state index in [1.54, 1.807) is 12.1 Å². The maximum atomic E-state index is 10.6. The predicted octanol–water partition coefficient (Wildman–Crippen LogP) is 2.63. The van der Waals surface area contributed by atoms with Crippen LogP contribution in [0.4, 0.5) is 4.79 Å². The van der Waals surface area contributed by atoms with E-state index in [-0.39, 0.29) is 6.04 Å². The van der Waals surface area contributed by atoms with Gasteiger partial charge in [-0.25, -0.2) is 4.79 Å². The highest BCUT2D eigenvalue weighted by Gasteiger charge is 2.32. The van der Waals surface area contributed by atoms with E-state index < -0.39 is 11.7 Å². The van der Waals surface area contributed by atoms with Crippen LogP contribution in [0, 0.1) is 11.8 Å². The van der Waals surface area contributed by atoms with Gasteiger partial charge in [0.2, 0.25) is 0 Å². The fourth-order valence-corrected chi connectivity index (χ4v) is 2.48. The molecular formula is C15H16ClNO3. The number of carboxylic acid groups (broad SMARTS) is 1. The molecule has 1 aromatic rings. The molecule has 0 aliphatic heterocycles. The lowest BCUT2D eigenvalue weighted by atomic mass is 9.82. The molecule has 5 heteroatoms. The van der Waals surface area contributed by atoms with Crippen molar-refractivity contribution in [3.05, 3.63) is 34.9 Å². The minimum Gasteiger partial charge on any atom is -0.465 e. The number of halogens is 1. The molecule has 1 saturated carbocycles. The lowest BCUT2D eigenvalue weighted by Crippen LogP contribution is -2.42. The Morgan fingerprint density at radius 2 is 2.10 bits per heavy atom. The van der Waals surface area contributed by atoms with Gasteiger partial charge in [0.25, 0.3) is 0 Å². The molecule has 1 aliphatic rings. The van der Waals surface area contributed by atoms with E-state index in [2.05, 4.69) is 17.2 Å². The third-order valence-corrected chi connectivity index (χ3v) is 3.64. The zero-order valence-corrected chi connectivity index (χ0v) is 11.7. The number of aliphatic hydroxyl groups is 1. The number of amides is 1. The van der Waals surface area contributed by atoms with Crippen molar-refractivity contribution in [1.82, 2.24) is 5.32 Å². The summed E-state index contributed by atoms with van der Waals surface area (Å²) in [5.74, 6) is 5.82. The second-order valence-electron chi connectivity index (χ2n) is 5.02. The molecule has 4 nitrogen and oxygen atoms in total. The van der Waals surface area contributed by atoms with Gasteiger partial charge < -0.3 is 15.5 Å². The molecule has 0 aromatic heterocycles. The summed E-state index contributed by atoms with van der Waals surface area (Å²) in [6.45, 7) is 0. The van der Waals surface area contributed by atoms with Crippen LogP contribution in [0.2, 0.25) is 5.02 Å². The van der Waals surface area contributed by atoms with Crippen LogP contribution in [0.25, 0.3) is 0 Å². The molecule has 0 radical (unpaired) electrons. The van der Waals surface area contributed by atoms with Crippen LogP contribution >= 0.6 is 11.6 Å². The summed E-state index contributed by atoms with van der Waals surface area (Å²) in [6, 6.07) is 7.06. The molecule has 1 aliphatic carbocycles. The molecule has 3 N–H and O–H groups in total. The van der Waals surface area contributed by atoms with E-state index in [4.69, 9.17) is 16.7 Å². The summed E-state index contributed by atoms with van der Waals surface area (Å²) >= 11 is 5.87. The Bertz CT molecular complexity index is 554. The van der Waals surface area contributed by atoms with Gasteiger partial charge in [0.05, 0.1) is 0 Å². The van der Waals surface area contributed by atoms with Crippen molar-refractivity contribution in [2.24, 2.45) is 0 Å². The molecule has 1 aromatic carbocycles. The Morgan fingerprint density at radius 1 is 1.40 bits per heavy atom. The van der Waals surface area contributed by atoms with Gasteiger partial charge in [-0.1, -0.05) is 29.5 Å². The number of hydrogen-bond donors (Lipinski definition) is 3. The van der Waals surface area contributed by atoms with Gasteiger partial charge >= 0.3 is 6.09 Å². The topological polar surface area (TPSA) is 69.6 Å². The first-order valence-electron chi connectivity index (χ1n) is 6.47. The van der Waals surface area contributed by atoms with Crippen molar-refractivity contribution in [3.63, 3.8) is 0 Å². The second kappa shape index (κ2) is 6.17. The number of benzene rings is 1. The van der Waals surface area contributed by atoms with Crippen LogP contribution in [0.15, 0.2) is 24.3 Å². The molecule has 2 rings (SSSR count). The molecule has 20 heavy (non-hydrogen) atoms. The van der Waals surface area contributed by atoms with Crippen LogP contribution < -0.4 is 5.32 Å². The largest absolute Gasteiger partial charge is 0.465 e. The molecule has 0 unspecified atom stereocenters. The van der Waals surface area contributed by atoms with Crippen molar-refractivity contribution in [2.75, 3.05) is 0 Å². The van der Waals surface area contributed by atoms with Gasteiger partial charge in [-0.05, 0) is 43.9 Å². The van der Waals surface area contributed by atoms with E-state index >= 15 is 0 Å². The molecule has 0 atom stereocenters. The average molecular weight is 294 g/mol. The van der Waals surface area contributed by atoms with Crippen molar-refractivity contribution in [2.45, 2.75) is 37.3 Å². The smallest absolute Gasteiger partial charge is 0.404 e. The first-order chi connectivity index (χ1) is 9.47.